The summed E-state index contributed by atoms with van der Waals surface area (Å²) in [5.74, 6) is 0.152. The molecule has 0 aliphatic carbocycles. The summed E-state index contributed by atoms with van der Waals surface area (Å²) in [5.41, 5.74) is 0.300. The third-order valence-corrected chi connectivity index (χ3v) is 7.54. The van der Waals surface area contributed by atoms with E-state index < -0.39 is 25.9 Å². The lowest BCUT2D eigenvalue weighted by atomic mass is 10.2. The normalized spacial score (nSPS) is 22.0. The Kier molecular flexibility index (Phi) is 4.46. The van der Waals surface area contributed by atoms with Crippen molar-refractivity contribution in [2.24, 2.45) is 0 Å². The van der Waals surface area contributed by atoms with Crippen molar-refractivity contribution in [2.45, 2.75) is 44.6 Å². The van der Waals surface area contributed by atoms with Gasteiger partial charge in [-0.3, -0.25) is 0 Å². The lowest BCUT2D eigenvalue weighted by Gasteiger charge is -2.26. The highest BCUT2D eigenvalue weighted by Crippen LogP contribution is 2.28. The van der Waals surface area contributed by atoms with Gasteiger partial charge in [0.25, 0.3) is 0 Å². The first-order valence-corrected chi connectivity index (χ1v) is 10.1. The number of sulfone groups is 1. The summed E-state index contributed by atoms with van der Waals surface area (Å²) < 4.78 is 55.2. The van der Waals surface area contributed by atoms with Gasteiger partial charge in [-0.1, -0.05) is 12.1 Å². The van der Waals surface area contributed by atoms with Crippen molar-refractivity contribution in [3.8, 4) is 0 Å². The van der Waals surface area contributed by atoms with Gasteiger partial charge in [0.2, 0.25) is 10.0 Å². The third kappa shape index (κ3) is 3.14. The Hall–Kier alpha value is -0.930. The highest BCUT2D eigenvalue weighted by atomic mass is 32.2. The van der Waals surface area contributed by atoms with Gasteiger partial charge in [0.1, 0.15) is 10.6 Å². The van der Waals surface area contributed by atoms with E-state index in [9.17, 15) is 16.8 Å². The van der Waals surface area contributed by atoms with Crippen molar-refractivity contribution in [3.63, 3.8) is 0 Å². The highest BCUT2D eigenvalue weighted by Gasteiger charge is 2.40. The molecule has 0 saturated carbocycles. The van der Waals surface area contributed by atoms with Crippen molar-refractivity contribution < 1.29 is 21.4 Å². The molecule has 0 aromatic carbocycles. The summed E-state index contributed by atoms with van der Waals surface area (Å²) in [6.07, 6.45) is 0.949. The van der Waals surface area contributed by atoms with Gasteiger partial charge in [-0.2, -0.15) is 4.31 Å². The van der Waals surface area contributed by atoms with Gasteiger partial charge in [0, 0.05) is 12.6 Å². The number of hydrogen-bond donors (Lipinski definition) is 0. The molecule has 0 spiro atoms. The molecule has 0 N–H and O–H groups in total. The van der Waals surface area contributed by atoms with Crippen molar-refractivity contribution in [3.05, 3.63) is 11.5 Å². The summed E-state index contributed by atoms with van der Waals surface area (Å²) >= 11 is 0. The van der Waals surface area contributed by atoms with Gasteiger partial charge in [0.15, 0.2) is 15.6 Å². The van der Waals surface area contributed by atoms with E-state index in [0.29, 0.717) is 18.5 Å². The maximum atomic E-state index is 12.9. The fourth-order valence-electron chi connectivity index (χ4n) is 2.68. The van der Waals surface area contributed by atoms with Crippen LogP contribution in [0.2, 0.25) is 0 Å². The Balaban J connectivity index is 2.43. The zero-order chi connectivity index (χ0) is 15.8. The van der Waals surface area contributed by atoms with E-state index in [1.807, 2.05) is 6.92 Å². The van der Waals surface area contributed by atoms with Gasteiger partial charge in [-0.25, -0.2) is 16.8 Å². The molecule has 2 heterocycles. The molecule has 7 nitrogen and oxygen atoms in total. The molecule has 2 rings (SSSR count). The molecule has 1 saturated heterocycles. The van der Waals surface area contributed by atoms with Crippen LogP contribution in [-0.2, 0) is 19.9 Å². The molecule has 1 aliphatic rings. The lowest BCUT2D eigenvalue weighted by molar-refractivity contribution is 0.339. The van der Waals surface area contributed by atoms with Gasteiger partial charge in [0.05, 0.1) is 11.5 Å². The first-order valence-electron chi connectivity index (χ1n) is 6.84. The van der Waals surface area contributed by atoms with Crippen LogP contribution in [0.25, 0.3) is 0 Å². The second-order valence-electron chi connectivity index (χ2n) is 5.33. The van der Waals surface area contributed by atoms with Crippen molar-refractivity contribution >= 4 is 19.9 Å². The van der Waals surface area contributed by atoms with Crippen LogP contribution in [0.3, 0.4) is 0 Å². The maximum absolute atomic E-state index is 12.9. The predicted molar refractivity (Wildman–Crippen MR) is 77.2 cm³/mol. The Morgan fingerprint density at radius 1 is 1.38 bits per heavy atom. The topological polar surface area (TPSA) is 97.6 Å². The predicted octanol–water partition coefficient (Wildman–Crippen LogP) is 0.879. The summed E-state index contributed by atoms with van der Waals surface area (Å²) in [6, 6.07) is -0.506. The van der Waals surface area contributed by atoms with E-state index >= 15 is 0 Å². The van der Waals surface area contributed by atoms with Gasteiger partial charge < -0.3 is 4.52 Å². The monoisotopic (exact) mass is 336 g/mol. The van der Waals surface area contributed by atoms with E-state index in [2.05, 4.69) is 5.16 Å². The number of rotatable bonds is 5. The molecule has 1 aromatic heterocycles. The van der Waals surface area contributed by atoms with Gasteiger partial charge in [-0.05, 0) is 26.7 Å². The van der Waals surface area contributed by atoms with Crippen molar-refractivity contribution in [1.82, 2.24) is 9.46 Å². The minimum Gasteiger partial charge on any atom is -0.360 e. The van der Waals surface area contributed by atoms with Crippen molar-refractivity contribution in [2.75, 3.05) is 18.1 Å². The third-order valence-electron chi connectivity index (χ3n) is 3.59. The molecule has 120 valence electrons. The SMILES string of the molecule is CCCN(C1CCS(=O)(=O)C1)S(=O)(=O)c1c(C)noc1C. The zero-order valence-corrected chi connectivity index (χ0v) is 14.0. The summed E-state index contributed by atoms with van der Waals surface area (Å²) in [4.78, 5) is 0.0558. The summed E-state index contributed by atoms with van der Waals surface area (Å²) in [7, 11) is -6.96. The number of aryl methyl sites for hydroxylation is 2. The van der Waals surface area contributed by atoms with E-state index in [1.165, 1.54) is 4.31 Å². The smallest absolute Gasteiger partial charge is 0.248 e. The first kappa shape index (κ1) is 16.4. The Labute approximate surface area is 125 Å². The van der Waals surface area contributed by atoms with E-state index in [4.69, 9.17) is 4.52 Å². The minimum absolute atomic E-state index is 0.0367. The van der Waals surface area contributed by atoms with Gasteiger partial charge in [-0.15, -0.1) is 0 Å². The molecule has 0 amide bonds. The Morgan fingerprint density at radius 3 is 2.48 bits per heavy atom. The number of hydrogen-bond acceptors (Lipinski definition) is 6. The fourth-order valence-corrected chi connectivity index (χ4v) is 6.55. The van der Waals surface area contributed by atoms with E-state index in [0.717, 1.165) is 0 Å². The molecule has 1 aliphatic heterocycles. The molecule has 1 aromatic rings. The molecule has 9 heteroatoms. The Bertz CT molecular complexity index is 701. The summed E-state index contributed by atoms with van der Waals surface area (Å²) in [5, 5.41) is 3.68. The standard InChI is InChI=1S/C12H20N2O5S2/c1-4-6-14(11-5-7-20(15,16)8-11)21(17,18)12-9(2)13-19-10(12)3/h11H,4-8H2,1-3H3. The fraction of sp³-hybridized carbons (Fsp3) is 0.750. The number of sulfonamides is 1. The molecule has 1 fully saturated rings. The molecule has 0 bridgehead atoms. The van der Waals surface area contributed by atoms with Crippen LogP contribution in [-0.4, -0.2) is 50.4 Å². The Morgan fingerprint density at radius 2 is 2.05 bits per heavy atom. The lowest BCUT2D eigenvalue weighted by Crippen LogP contribution is -2.41. The molecule has 1 unspecified atom stereocenters. The highest BCUT2D eigenvalue weighted by molar-refractivity contribution is 7.92. The van der Waals surface area contributed by atoms with Crippen LogP contribution >= 0.6 is 0 Å². The average Bonchev–Trinajstić information content (AvgIpc) is 2.89. The first-order chi connectivity index (χ1) is 9.69. The second-order valence-corrected chi connectivity index (χ2v) is 9.38. The largest absolute Gasteiger partial charge is 0.360 e. The molecule has 21 heavy (non-hydrogen) atoms. The molecule has 1 atom stereocenters. The minimum atomic E-state index is -3.80. The molecular weight excluding hydrogens is 316 g/mol. The van der Waals surface area contributed by atoms with Crippen LogP contribution in [0.15, 0.2) is 9.42 Å². The van der Waals surface area contributed by atoms with E-state index in [-0.39, 0.29) is 28.7 Å². The molecular formula is C12H20N2O5S2. The van der Waals surface area contributed by atoms with E-state index in [1.54, 1.807) is 13.8 Å². The average molecular weight is 336 g/mol. The number of nitrogens with zero attached hydrogens (tertiary/aromatic N) is 2. The maximum Gasteiger partial charge on any atom is 0.248 e. The molecule has 0 radical (unpaired) electrons. The number of aromatic nitrogens is 1. The van der Waals surface area contributed by atoms with Gasteiger partial charge >= 0.3 is 0 Å². The quantitative estimate of drug-likeness (QED) is 0.791. The van der Waals surface area contributed by atoms with Crippen LogP contribution in [0.4, 0.5) is 0 Å². The van der Waals surface area contributed by atoms with Crippen LogP contribution in [0.5, 0.6) is 0 Å². The van der Waals surface area contributed by atoms with Crippen LogP contribution < -0.4 is 0 Å². The summed E-state index contributed by atoms with van der Waals surface area (Å²) in [6.45, 7) is 5.26. The van der Waals surface area contributed by atoms with Crippen molar-refractivity contribution in [1.29, 1.82) is 0 Å². The van der Waals surface area contributed by atoms with Crippen LogP contribution in [0.1, 0.15) is 31.2 Å². The second kappa shape index (κ2) is 5.69. The zero-order valence-electron chi connectivity index (χ0n) is 12.4. The van der Waals surface area contributed by atoms with Crippen LogP contribution in [0, 0.1) is 13.8 Å².